The van der Waals surface area contributed by atoms with Crippen LogP contribution in [0.25, 0.3) is 6.08 Å². The third-order valence-electron chi connectivity index (χ3n) is 5.57. The molecule has 3 rings (SSSR count). The maximum absolute atomic E-state index is 12.9. The largest absolute Gasteiger partial charge is 0.481 e. The summed E-state index contributed by atoms with van der Waals surface area (Å²) in [6.07, 6.45) is 3.88. The Morgan fingerprint density at radius 2 is 1.76 bits per heavy atom. The Hall–Kier alpha value is -2.59. The summed E-state index contributed by atoms with van der Waals surface area (Å²) < 4.78 is 6.05. The maximum Gasteiger partial charge on any atom is 0.263 e. The van der Waals surface area contributed by atoms with Crippen molar-refractivity contribution in [1.82, 2.24) is 9.80 Å². The lowest BCUT2D eigenvalue weighted by Gasteiger charge is -2.35. The minimum atomic E-state index is -0.473. The molecule has 0 spiro atoms. The number of piperazine rings is 1. The lowest BCUT2D eigenvalue weighted by atomic mass is 10.1. The van der Waals surface area contributed by atoms with E-state index in [1.807, 2.05) is 43.0 Å². The highest BCUT2D eigenvalue weighted by Gasteiger charge is 2.26. The lowest BCUT2D eigenvalue weighted by Crippen LogP contribution is -2.51. The van der Waals surface area contributed by atoms with Crippen LogP contribution < -0.4 is 4.74 Å². The molecule has 0 radical (unpaired) electrons. The van der Waals surface area contributed by atoms with Crippen molar-refractivity contribution in [1.29, 1.82) is 0 Å². The molecule has 1 unspecified atom stereocenters. The fraction of sp³-hybridized carbons (Fsp3) is 0.400. The van der Waals surface area contributed by atoms with Crippen molar-refractivity contribution in [3.05, 3.63) is 70.8 Å². The summed E-state index contributed by atoms with van der Waals surface area (Å²) in [6, 6.07) is 14.5. The summed E-state index contributed by atoms with van der Waals surface area (Å²) in [5.41, 5.74) is 4.66. The third-order valence-corrected chi connectivity index (χ3v) is 5.57. The Balaban J connectivity index is 1.49. The number of benzene rings is 2. The van der Waals surface area contributed by atoms with E-state index in [1.54, 1.807) is 0 Å². The second-order valence-electron chi connectivity index (χ2n) is 7.90. The molecule has 1 atom stereocenters. The van der Waals surface area contributed by atoms with E-state index in [0.717, 1.165) is 49.6 Å². The Morgan fingerprint density at radius 3 is 2.45 bits per heavy atom. The average molecular weight is 393 g/mol. The fourth-order valence-electron chi connectivity index (χ4n) is 3.67. The number of hydrogen-bond donors (Lipinski definition) is 0. The van der Waals surface area contributed by atoms with Gasteiger partial charge in [0, 0.05) is 32.7 Å². The zero-order valence-corrected chi connectivity index (χ0v) is 18.0. The highest BCUT2D eigenvalue weighted by atomic mass is 16.5. The Labute approximate surface area is 174 Å². The topological polar surface area (TPSA) is 32.8 Å². The quantitative estimate of drug-likeness (QED) is 0.737. The van der Waals surface area contributed by atoms with Crippen LogP contribution in [0.4, 0.5) is 0 Å². The van der Waals surface area contributed by atoms with Crippen molar-refractivity contribution in [3.8, 4) is 5.75 Å². The summed E-state index contributed by atoms with van der Waals surface area (Å²) in [4.78, 5) is 17.2. The molecular weight excluding hydrogens is 360 g/mol. The highest BCUT2D eigenvalue weighted by Crippen LogP contribution is 2.24. The molecule has 0 aliphatic carbocycles. The molecular formula is C25H32N2O2. The van der Waals surface area contributed by atoms with Crippen LogP contribution in [0.2, 0.25) is 0 Å². The number of rotatable bonds is 6. The number of hydrogen-bond acceptors (Lipinski definition) is 3. The van der Waals surface area contributed by atoms with E-state index in [1.165, 1.54) is 11.1 Å². The van der Waals surface area contributed by atoms with Crippen molar-refractivity contribution in [2.75, 3.05) is 32.7 Å². The second kappa shape index (κ2) is 9.75. The molecule has 29 heavy (non-hydrogen) atoms. The van der Waals surface area contributed by atoms with Gasteiger partial charge in [0.15, 0.2) is 6.10 Å². The minimum Gasteiger partial charge on any atom is -0.481 e. The van der Waals surface area contributed by atoms with Gasteiger partial charge in [0.2, 0.25) is 0 Å². The van der Waals surface area contributed by atoms with Gasteiger partial charge < -0.3 is 9.64 Å². The van der Waals surface area contributed by atoms with Gasteiger partial charge in [0.05, 0.1) is 0 Å². The van der Waals surface area contributed by atoms with Gasteiger partial charge in [-0.05, 0) is 56.0 Å². The van der Waals surface area contributed by atoms with Crippen molar-refractivity contribution >= 4 is 12.0 Å². The summed E-state index contributed by atoms with van der Waals surface area (Å²) in [6.45, 7) is 12.2. The monoisotopic (exact) mass is 392 g/mol. The molecule has 4 heteroatoms. The first-order valence-corrected chi connectivity index (χ1v) is 10.4. The van der Waals surface area contributed by atoms with Gasteiger partial charge in [-0.15, -0.1) is 0 Å². The molecule has 4 nitrogen and oxygen atoms in total. The SMILES string of the molecule is Cc1cc(C)c(C)c(OC(C)C(=O)N2CCN(C/C=C/c3ccccc3)CC2)c1. The number of nitrogens with zero attached hydrogens (tertiary/aromatic N) is 2. The molecule has 0 saturated carbocycles. The van der Waals surface area contributed by atoms with Crippen molar-refractivity contribution in [3.63, 3.8) is 0 Å². The van der Waals surface area contributed by atoms with Crippen molar-refractivity contribution in [2.24, 2.45) is 0 Å². The molecule has 0 N–H and O–H groups in total. The highest BCUT2D eigenvalue weighted by molar-refractivity contribution is 5.81. The van der Waals surface area contributed by atoms with Crippen molar-refractivity contribution in [2.45, 2.75) is 33.8 Å². The predicted octanol–water partition coefficient (Wildman–Crippen LogP) is 4.24. The van der Waals surface area contributed by atoms with Gasteiger partial charge in [-0.3, -0.25) is 9.69 Å². The first-order chi connectivity index (χ1) is 13.9. The van der Waals surface area contributed by atoms with E-state index in [0.29, 0.717) is 0 Å². The summed E-state index contributed by atoms with van der Waals surface area (Å²) in [7, 11) is 0. The number of aryl methyl sites for hydroxylation is 2. The standard InChI is InChI=1S/C25H32N2O2/c1-19-17-20(2)21(3)24(18-19)29-22(4)25(28)27-15-13-26(14-16-27)12-8-11-23-9-6-5-7-10-23/h5-11,17-18,22H,12-16H2,1-4H3/b11-8+. The first kappa shape index (κ1) is 21.1. The maximum atomic E-state index is 12.9. The zero-order valence-electron chi connectivity index (χ0n) is 18.0. The number of carbonyl (C=O) groups excluding carboxylic acids is 1. The molecule has 0 aromatic heterocycles. The smallest absolute Gasteiger partial charge is 0.263 e. The van der Waals surface area contributed by atoms with E-state index in [2.05, 4.69) is 49.1 Å². The van der Waals surface area contributed by atoms with Crippen LogP contribution in [0.5, 0.6) is 5.75 Å². The normalized spacial score (nSPS) is 16.2. The van der Waals surface area contributed by atoms with Crippen LogP contribution in [0, 0.1) is 20.8 Å². The van der Waals surface area contributed by atoms with E-state index < -0.39 is 6.10 Å². The van der Waals surface area contributed by atoms with Gasteiger partial charge in [-0.1, -0.05) is 48.6 Å². The summed E-state index contributed by atoms with van der Waals surface area (Å²) in [5.74, 6) is 0.885. The Morgan fingerprint density at radius 1 is 1.07 bits per heavy atom. The minimum absolute atomic E-state index is 0.0723. The van der Waals surface area contributed by atoms with Crippen LogP contribution in [-0.4, -0.2) is 54.5 Å². The van der Waals surface area contributed by atoms with Gasteiger partial charge in [-0.25, -0.2) is 0 Å². The van der Waals surface area contributed by atoms with Crippen LogP contribution in [0.15, 0.2) is 48.5 Å². The average Bonchev–Trinajstić information content (AvgIpc) is 2.72. The van der Waals surface area contributed by atoms with E-state index >= 15 is 0 Å². The number of ether oxygens (including phenoxy) is 1. The van der Waals surface area contributed by atoms with Crippen molar-refractivity contribution < 1.29 is 9.53 Å². The zero-order chi connectivity index (χ0) is 20.8. The Kier molecular flexibility index (Phi) is 7.10. The molecule has 1 saturated heterocycles. The molecule has 1 aliphatic heterocycles. The van der Waals surface area contributed by atoms with Crippen LogP contribution >= 0.6 is 0 Å². The van der Waals surface area contributed by atoms with E-state index in [9.17, 15) is 4.79 Å². The summed E-state index contributed by atoms with van der Waals surface area (Å²) >= 11 is 0. The molecule has 1 heterocycles. The third kappa shape index (κ3) is 5.70. The van der Waals surface area contributed by atoms with E-state index in [4.69, 9.17) is 4.74 Å². The summed E-state index contributed by atoms with van der Waals surface area (Å²) in [5, 5.41) is 0. The Bertz CT molecular complexity index is 853. The molecule has 154 valence electrons. The van der Waals surface area contributed by atoms with Gasteiger partial charge in [-0.2, -0.15) is 0 Å². The van der Waals surface area contributed by atoms with Gasteiger partial charge in [0.25, 0.3) is 5.91 Å². The molecule has 1 fully saturated rings. The second-order valence-corrected chi connectivity index (χ2v) is 7.90. The van der Waals surface area contributed by atoms with E-state index in [-0.39, 0.29) is 5.91 Å². The lowest BCUT2D eigenvalue weighted by molar-refractivity contribution is -0.139. The molecule has 2 aromatic rings. The van der Waals surface area contributed by atoms with Crippen LogP contribution in [0.3, 0.4) is 0 Å². The number of amides is 1. The molecule has 0 bridgehead atoms. The van der Waals surface area contributed by atoms with Crippen LogP contribution in [0.1, 0.15) is 29.2 Å². The molecule has 1 amide bonds. The number of carbonyl (C=O) groups is 1. The first-order valence-electron chi connectivity index (χ1n) is 10.4. The van der Waals surface area contributed by atoms with Gasteiger partial charge in [0.1, 0.15) is 5.75 Å². The van der Waals surface area contributed by atoms with Gasteiger partial charge >= 0.3 is 0 Å². The molecule has 1 aliphatic rings. The molecule has 2 aromatic carbocycles. The van der Waals surface area contributed by atoms with Crippen LogP contribution in [-0.2, 0) is 4.79 Å². The predicted molar refractivity (Wildman–Crippen MR) is 119 cm³/mol. The fourth-order valence-corrected chi connectivity index (χ4v) is 3.67.